The normalized spacial score (nSPS) is 12.9. The molecular formula is C15H16FN3S. The first-order valence-electron chi connectivity index (χ1n) is 6.50. The summed E-state index contributed by atoms with van der Waals surface area (Å²) in [6.45, 7) is 0. The van der Waals surface area contributed by atoms with E-state index in [9.17, 15) is 4.39 Å². The fourth-order valence-electron chi connectivity index (χ4n) is 2.33. The second-order valence-electron chi connectivity index (χ2n) is 4.86. The van der Waals surface area contributed by atoms with Crippen LogP contribution in [0.5, 0.6) is 0 Å². The predicted molar refractivity (Wildman–Crippen MR) is 80.5 cm³/mol. The fourth-order valence-corrected chi connectivity index (χ4v) is 3.49. The maximum atomic E-state index is 13.3. The molecule has 1 unspecified atom stereocenters. The zero-order valence-electron chi connectivity index (χ0n) is 11.4. The molecule has 1 N–H and O–H groups in total. The summed E-state index contributed by atoms with van der Waals surface area (Å²) < 4.78 is 16.2. The minimum atomic E-state index is -0.187. The van der Waals surface area contributed by atoms with Crippen molar-refractivity contribution in [2.45, 2.75) is 12.5 Å². The molecule has 0 bridgehead atoms. The van der Waals surface area contributed by atoms with Crippen molar-refractivity contribution in [2.24, 2.45) is 7.05 Å². The lowest BCUT2D eigenvalue weighted by Gasteiger charge is -2.12. The zero-order valence-corrected chi connectivity index (χ0v) is 12.2. The number of rotatable bonds is 4. The van der Waals surface area contributed by atoms with Gasteiger partial charge < -0.3 is 5.32 Å². The number of halogens is 1. The molecule has 3 aromatic rings. The molecule has 5 heteroatoms. The molecule has 0 amide bonds. The summed E-state index contributed by atoms with van der Waals surface area (Å²) >= 11 is 1.70. The van der Waals surface area contributed by atoms with E-state index in [-0.39, 0.29) is 11.9 Å². The molecule has 0 aliphatic carbocycles. The third kappa shape index (κ3) is 2.59. The fraction of sp³-hybridized carbons (Fsp3) is 0.267. The van der Waals surface area contributed by atoms with Crippen molar-refractivity contribution in [3.05, 3.63) is 52.9 Å². The van der Waals surface area contributed by atoms with Gasteiger partial charge in [0.15, 0.2) is 0 Å². The van der Waals surface area contributed by atoms with Crippen LogP contribution in [-0.4, -0.2) is 16.8 Å². The van der Waals surface area contributed by atoms with E-state index >= 15 is 0 Å². The van der Waals surface area contributed by atoms with Gasteiger partial charge in [-0.15, -0.1) is 11.3 Å². The molecule has 3 nitrogen and oxygen atoms in total. The third-order valence-electron chi connectivity index (χ3n) is 3.37. The van der Waals surface area contributed by atoms with E-state index in [1.165, 1.54) is 10.9 Å². The van der Waals surface area contributed by atoms with Crippen LogP contribution in [0.1, 0.15) is 16.6 Å². The first kappa shape index (κ1) is 13.3. The van der Waals surface area contributed by atoms with Gasteiger partial charge in [-0.3, -0.25) is 4.68 Å². The molecule has 2 aromatic heterocycles. The molecule has 0 radical (unpaired) electrons. The van der Waals surface area contributed by atoms with E-state index in [4.69, 9.17) is 0 Å². The van der Waals surface area contributed by atoms with Crippen LogP contribution in [0.4, 0.5) is 4.39 Å². The monoisotopic (exact) mass is 289 g/mol. The SMILES string of the molecule is CNC(Cc1ccn(C)n1)c1cc2cc(F)ccc2s1. The van der Waals surface area contributed by atoms with Gasteiger partial charge in [0.25, 0.3) is 0 Å². The van der Waals surface area contributed by atoms with Gasteiger partial charge in [-0.2, -0.15) is 5.10 Å². The van der Waals surface area contributed by atoms with Crippen molar-refractivity contribution in [2.75, 3.05) is 7.05 Å². The van der Waals surface area contributed by atoms with Gasteiger partial charge in [-0.25, -0.2) is 4.39 Å². The molecule has 104 valence electrons. The standard InChI is InChI=1S/C15H16FN3S/c1-17-13(9-12-5-6-19(2)18-12)15-8-10-7-11(16)3-4-14(10)20-15/h3-8,13,17H,9H2,1-2H3. The van der Waals surface area contributed by atoms with E-state index in [1.54, 1.807) is 17.4 Å². The highest BCUT2D eigenvalue weighted by Crippen LogP contribution is 2.31. The summed E-state index contributed by atoms with van der Waals surface area (Å²) in [6, 6.07) is 9.22. The van der Waals surface area contributed by atoms with Crippen LogP contribution < -0.4 is 5.32 Å². The Hall–Kier alpha value is -1.72. The maximum Gasteiger partial charge on any atom is 0.123 e. The van der Waals surface area contributed by atoms with Crippen molar-refractivity contribution in [1.29, 1.82) is 0 Å². The summed E-state index contributed by atoms with van der Waals surface area (Å²) in [4.78, 5) is 1.21. The third-order valence-corrected chi connectivity index (χ3v) is 4.60. The average molecular weight is 289 g/mol. The molecule has 0 spiro atoms. The molecule has 20 heavy (non-hydrogen) atoms. The van der Waals surface area contributed by atoms with Crippen LogP contribution in [0.25, 0.3) is 10.1 Å². The van der Waals surface area contributed by atoms with Gasteiger partial charge in [0.1, 0.15) is 5.82 Å². The van der Waals surface area contributed by atoms with Crippen LogP contribution >= 0.6 is 11.3 Å². The lowest BCUT2D eigenvalue weighted by molar-refractivity contribution is 0.586. The largest absolute Gasteiger partial charge is 0.312 e. The minimum Gasteiger partial charge on any atom is -0.312 e. The van der Waals surface area contributed by atoms with Crippen molar-refractivity contribution in [3.8, 4) is 0 Å². The van der Waals surface area contributed by atoms with E-state index in [1.807, 2.05) is 37.1 Å². The zero-order chi connectivity index (χ0) is 14.1. The maximum absolute atomic E-state index is 13.3. The summed E-state index contributed by atoms with van der Waals surface area (Å²) in [5, 5.41) is 8.70. The first-order chi connectivity index (χ1) is 9.65. The lowest BCUT2D eigenvalue weighted by Crippen LogP contribution is -2.18. The lowest BCUT2D eigenvalue weighted by atomic mass is 10.1. The van der Waals surface area contributed by atoms with Crippen molar-refractivity contribution >= 4 is 21.4 Å². The highest BCUT2D eigenvalue weighted by atomic mass is 32.1. The Kier molecular flexibility index (Phi) is 3.54. The Morgan fingerprint density at radius 2 is 2.20 bits per heavy atom. The summed E-state index contributed by atoms with van der Waals surface area (Å²) in [5.41, 5.74) is 1.05. The van der Waals surface area contributed by atoms with Gasteiger partial charge in [0.05, 0.1) is 5.69 Å². The number of aryl methyl sites for hydroxylation is 1. The molecule has 1 aromatic carbocycles. The molecule has 0 fully saturated rings. The number of hydrogen-bond acceptors (Lipinski definition) is 3. The van der Waals surface area contributed by atoms with Gasteiger partial charge in [0, 0.05) is 35.3 Å². The average Bonchev–Trinajstić information content (AvgIpc) is 3.01. The predicted octanol–water partition coefficient (Wildman–Crippen LogP) is 3.28. The Balaban J connectivity index is 1.90. The van der Waals surface area contributed by atoms with Crippen LogP contribution in [0.2, 0.25) is 0 Å². The summed E-state index contributed by atoms with van der Waals surface area (Å²) in [6.07, 6.45) is 2.77. The summed E-state index contributed by atoms with van der Waals surface area (Å²) in [7, 11) is 3.86. The second kappa shape index (κ2) is 5.34. The molecule has 2 heterocycles. The van der Waals surface area contributed by atoms with Gasteiger partial charge >= 0.3 is 0 Å². The van der Waals surface area contributed by atoms with E-state index in [0.717, 1.165) is 22.2 Å². The highest BCUT2D eigenvalue weighted by molar-refractivity contribution is 7.19. The quantitative estimate of drug-likeness (QED) is 0.799. The molecule has 0 aliphatic rings. The van der Waals surface area contributed by atoms with E-state index in [0.29, 0.717) is 0 Å². The van der Waals surface area contributed by atoms with Crippen LogP contribution in [-0.2, 0) is 13.5 Å². The molecular weight excluding hydrogens is 273 g/mol. The van der Waals surface area contributed by atoms with Crippen molar-refractivity contribution in [3.63, 3.8) is 0 Å². The molecule has 0 aliphatic heterocycles. The molecule has 1 atom stereocenters. The topological polar surface area (TPSA) is 29.9 Å². The number of aromatic nitrogens is 2. The number of thiophene rings is 1. The van der Waals surface area contributed by atoms with Crippen LogP contribution in [0.15, 0.2) is 36.5 Å². The summed E-state index contributed by atoms with van der Waals surface area (Å²) in [5.74, 6) is -0.187. The van der Waals surface area contributed by atoms with Crippen molar-refractivity contribution in [1.82, 2.24) is 15.1 Å². The minimum absolute atomic E-state index is 0.187. The smallest absolute Gasteiger partial charge is 0.123 e. The number of nitrogens with zero attached hydrogens (tertiary/aromatic N) is 2. The van der Waals surface area contributed by atoms with Gasteiger partial charge in [-0.1, -0.05) is 0 Å². The molecule has 3 rings (SSSR count). The number of fused-ring (bicyclic) bond motifs is 1. The molecule has 0 saturated heterocycles. The van der Waals surface area contributed by atoms with Crippen molar-refractivity contribution < 1.29 is 4.39 Å². The Bertz CT molecular complexity index is 732. The second-order valence-corrected chi connectivity index (χ2v) is 5.97. The van der Waals surface area contributed by atoms with Gasteiger partial charge in [-0.05, 0) is 42.8 Å². The highest BCUT2D eigenvalue weighted by Gasteiger charge is 2.15. The number of likely N-dealkylation sites (N-methyl/N-ethyl adjacent to an activating group) is 1. The van der Waals surface area contributed by atoms with E-state index in [2.05, 4.69) is 16.5 Å². The van der Waals surface area contributed by atoms with Crippen LogP contribution in [0, 0.1) is 5.82 Å². The van der Waals surface area contributed by atoms with E-state index < -0.39 is 0 Å². The number of benzene rings is 1. The number of nitrogens with one attached hydrogen (secondary N) is 1. The Morgan fingerprint density at radius 1 is 1.35 bits per heavy atom. The Labute approximate surface area is 121 Å². The van der Waals surface area contributed by atoms with Gasteiger partial charge in [0.2, 0.25) is 0 Å². The Morgan fingerprint density at radius 3 is 2.90 bits per heavy atom. The molecule has 0 saturated carbocycles. The number of hydrogen-bond donors (Lipinski definition) is 1. The van der Waals surface area contributed by atoms with Crippen LogP contribution in [0.3, 0.4) is 0 Å². The first-order valence-corrected chi connectivity index (χ1v) is 7.32.